The van der Waals surface area contributed by atoms with E-state index in [-0.39, 0.29) is 17.3 Å². The van der Waals surface area contributed by atoms with E-state index in [9.17, 15) is 20.0 Å². The average Bonchev–Trinajstić information content (AvgIpc) is 2.46. The number of aromatic carboxylic acids is 1. The van der Waals surface area contributed by atoms with E-state index in [2.05, 4.69) is 6.92 Å². The standard InChI is InChI=1S/C15H20N2O4/c1-10-3-5-11(6-4-10)16(2)14-9-12(17(20)21)7-8-13(14)15(18)19/h7-11H,3-6H2,1-2H3,(H,18,19). The van der Waals surface area contributed by atoms with Crippen molar-refractivity contribution in [3.8, 4) is 0 Å². The fourth-order valence-corrected chi connectivity index (χ4v) is 2.93. The van der Waals surface area contributed by atoms with Gasteiger partial charge >= 0.3 is 5.97 Å². The quantitative estimate of drug-likeness (QED) is 0.680. The van der Waals surface area contributed by atoms with Gasteiger partial charge < -0.3 is 10.0 Å². The lowest BCUT2D eigenvalue weighted by Gasteiger charge is -2.35. The molecule has 0 aliphatic heterocycles. The van der Waals surface area contributed by atoms with Crippen molar-refractivity contribution in [2.75, 3.05) is 11.9 Å². The highest BCUT2D eigenvalue weighted by molar-refractivity contribution is 5.95. The van der Waals surface area contributed by atoms with E-state index in [1.54, 1.807) is 0 Å². The summed E-state index contributed by atoms with van der Waals surface area (Å²) in [5.74, 6) is -0.366. The van der Waals surface area contributed by atoms with Crippen LogP contribution >= 0.6 is 0 Å². The number of anilines is 1. The maximum atomic E-state index is 11.3. The molecule has 114 valence electrons. The number of nitro groups is 1. The Morgan fingerprint density at radius 3 is 2.48 bits per heavy atom. The Kier molecular flexibility index (Phi) is 4.45. The van der Waals surface area contributed by atoms with E-state index >= 15 is 0 Å². The molecule has 1 aliphatic carbocycles. The maximum Gasteiger partial charge on any atom is 0.337 e. The Morgan fingerprint density at radius 1 is 1.33 bits per heavy atom. The molecule has 21 heavy (non-hydrogen) atoms. The van der Waals surface area contributed by atoms with Gasteiger partial charge in [0.1, 0.15) is 0 Å². The van der Waals surface area contributed by atoms with Crippen molar-refractivity contribution in [1.82, 2.24) is 0 Å². The number of rotatable bonds is 4. The first kappa shape index (κ1) is 15.3. The Morgan fingerprint density at radius 2 is 1.95 bits per heavy atom. The number of hydrogen-bond acceptors (Lipinski definition) is 4. The van der Waals surface area contributed by atoms with Gasteiger partial charge in [0, 0.05) is 25.2 Å². The third-order valence-corrected chi connectivity index (χ3v) is 4.34. The molecule has 0 bridgehead atoms. The van der Waals surface area contributed by atoms with Gasteiger partial charge in [-0.15, -0.1) is 0 Å². The molecule has 0 atom stereocenters. The topological polar surface area (TPSA) is 83.7 Å². The maximum absolute atomic E-state index is 11.3. The summed E-state index contributed by atoms with van der Waals surface area (Å²) in [4.78, 5) is 23.7. The predicted molar refractivity (Wildman–Crippen MR) is 79.9 cm³/mol. The SMILES string of the molecule is CC1CCC(N(C)c2cc([N+](=O)[O-])ccc2C(=O)O)CC1. The zero-order valence-corrected chi connectivity index (χ0v) is 12.3. The predicted octanol–water partition coefficient (Wildman–Crippen LogP) is 3.31. The zero-order valence-electron chi connectivity index (χ0n) is 12.3. The average molecular weight is 292 g/mol. The van der Waals surface area contributed by atoms with Crippen LogP contribution in [-0.2, 0) is 0 Å². The molecule has 1 saturated carbocycles. The molecular weight excluding hydrogens is 272 g/mol. The van der Waals surface area contributed by atoms with Crippen LogP contribution < -0.4 is 4.90 Å². The molecule has 1 aromatic rings. The van der Waals surface area contributed by atoms with Gasteiger partial charge in [-0.2, -0.15) is 0 Å². The molecule has 0 saturated heterocycles. The van der Waals surface area contributed by atoms with E-state index in [4.69, 9.17) is 0 Å². The van der Waals surface area contributed by atoms with Gasteiger partial charge in [0.05, 0.1) is 16.2 Å². The van der Waals surface area contributed by atoms with Crippen LogP contribution in [0.25, 0.3) is 0 Å². The van der Waals surface area contributed by atoms with Gasteiger partial charge in [0.25, 0.3) is 5.69 Å². The highest BCUT2D eigenvalue weighted by Crippen LogP contribution is 2.32. The fraction of sp³-hybridized carbons (Fsp3) is 0.533. The van der Waals surface area contributed by atoms with E-state index < -0.39 is 10.9 Å². The number of nitrogens with zero attached hydrogens (tertiary/aromatic N) is 2. The summed E-state index contributed by atoms with van der Waals surface area (Å²) in [7, 11) is 1.83. The first-order chi connectivity index (χ1) is 9.90. The van der Waals surface area contributed by atoms with Crippen molar-refractivity contribution in [2.24, 2.45) is 5.92 Å². The second-order valence-corrected chi connectivity index (χ2v) is 5.79. The summed E-state index contributed by atoms with van der Waals surface area (Å²) in [6, 6.07) is 4.16. The van der Waals surface area contributed by atoms with Gasteiger partial charge in [-0.3, -0.25) is 10.1 Å². The van der Waals surface area contributed by atoms with Crippen LogP contribution in [-0.4, -0.2) is 29.1 Å². The number of nitro benzene ring substituents is 1. The number of hydrogen-bond donors (Lipinski definition) is 1. The van der Waals surface area contributed by atoms with Crippen LogP contribution in [0.5, 0.6) is 0 Å². The van der Waals surface area contributed by atoms with E-state index in [0.717, 1.165) is 25.7 Å². The number of carboxylic acids is 1. The Bertz CT molecular complexity index is 551. The zero-order chi connectivity index (χ0) is 15.6. The lowest BCUT2D eigenvalue weighted by Crippen LogP contribution is -2.35. The molecule has 1 aromatic carbocycles. The molecule has 0 radical (unpaired) electrons. The summed E-state index contributed by atoms with van der Waals surface area (Å²) < 4.78 is 0. The molecular formula is C15H20N2O4. The highest BCUT2D eigenvalue weighted by Gasteiger charge is 2.26. The molecule has 0 amide bonds. The molecule has 1 N–H and O–H groups in total. The van der Waals surface area contributed by atoms with E-state index in [0.29, 0.717) is 11.6 Å². The third kappa shape index (κ3) is 3.32. The van der Waals surface area contributed by atoms with Gasteiger partial charge in [-0.1, -0.05) is 6.92 Å². The van der Waals surface area contributed by atoms with Crippen molar-refractivity contribution in [3.63, 3.8) is 0 Å². The fourth-order valence-electron chi connectivity index (χ4n) is 2.93. The molecule has 6 nitrogen and oxygen atoms in total. The normalized spacial score (nSPS) is 21.8. The molecule has 0 aromatic heterocycles. The molecule has 0 spiro atoms. The minimum Gasteiger partial charge on any atom is -0.478 e. The Balaban J connectivity index is 2.33. The molecule has 6 heteroatoms. The lowest BCUT2D eigenvalue weighted by molar-refractivity contribution is -0.384. The smallest absolute Gasteiger partial charge is 0.337 e. The van der Waals surface area contributed by atoms with Gasteiger partial charge in [-0.25, -0.2) is 4.79 Å². The summed E-state index contributed by atoms with van der Waals surface area (Å²) in [6.45, 7) is 2.21. The molecule has 2 rings (SSSR count). The van der Waals surface area contributed by atoms with Gasteiger partial charge in [-0.05, 0) is 37.7 Å². The highest BCUT2D eigenvalue weighted by atomic mass is 16.6. The second kappa shape index (κ2) is 6.11. The van der Waals surface area contributed by atoms with Crippen LogP contribution in [0, 0.1) is 16.0 Å². The summed E-state index contributed by atoms with van der Waals surface area (Å²) in [5.41, 5.74) is 0.462. The van der Waals surface area contributed by atoms with Crippen LogP contribution in [0.1, 0.15) is 43.0 Å². The number of carbonyl (C=O) groups is 1. The first-order valence-electron chi connectivity index (χ1n) is 7.14. The van der Waals surface area contributed by atoms with Crippen molar-refractivity contribution < 1.29 is 14.8 Å². The number of benzene rings is 1. The largest absolute Gasteiger partial charge is 0.478 e. The lowest BCUT2D eigenvalue weighted by atomic mass is 9.86. The summed E-state index contributed by atoms with van der Waals surface area (Å²) in [5, 5.41) is 20.2. The van der Waals surface area contributed by atoms with Crippen LogP contribution in [0.4, 0.5) is 11.4 Å². The number of carboxylic acid groups (broad SMARTS) is 1. The van der Waals surface area contributed by atoms with Crippen molar-refractivity contribution >= 4 is 17.3 Å². The van der Waals surface area contributed by atoms with E-state index in [1.807, 2.05) is 11.9 Å². The van der Waals surface area contributed by atoms with Crippen molar-refractivity contribution in [3.05, 3.63) is 33.9 Å². The van der Waals surface area contributed by atoms with Crippen LogP contribution in [0.2, 0.25) is 0 Å². The monoisotopic (exact) mass is 292 g/mol. The molecule has 0 heterocycles. The van der Waals surface area contributed by atoms with Gasteiger partial charge in [0.15, 0.2) is 0 Å². The molecule has 0 unspecified atom stereocenters. The van der Waals surface area contributed by atoms with Crippen molar-refractivity contribution in [2.45, 2.75) is 38.6 Å². The second-order valence-electron chi connectivity index (χ2n) is 5.79. The Labute approximate surface area is 123 Å². The first-order valence-corrected chi connectivity index (χ1v) is 7.14. The molecule has 1 aliphatic rings. The minimum absolute atomic E-state index is 0.0778. The van der Waals surface area contributed by atoms with Crippen LogP contribution in [0.3, 0.4) is 0 Å². The minimum atomic E-state index is -1.06. The van der Waals surface area contributed by atoms with Gasteiger partial charge in [0.2, 0.25) is 0 Å². The Hall–Kier alpha value is -2.11. The third-order valence-electron chi connectivity index (χ3n) is 4.34. The van der Waals surface area contributed by atoms with Crippen molar-refractivity contribution in [1.29, 1.82) is 0 Å². The van der Waals surface area contributed by atoms with E-state index in [1.165, 1.54) is 18.2 Å². The number of non-ortho nitro benzene ring substituents is 1. The molecule has 1 fully saturated rings. The van der Waals surface area contributed by atoms with Crippen LogP contribution in [0.15, 0.2) is 18.2 Å². The summed E-state index contributed by atoms with van der Waals surface area (Å²) in [6.07, 6.45) is 4.18. The summed E-state index contributed by atoms with van der Waals surface area (Å²) >= 11 is 0.